The number of benzene rings is 2. The number of hydrogen-bond donors (Lipinski definition) is 1. The average Bonchev–Trinajstić information content (AvgIpc) is 3.20. The molecule has 2 N–H and O–H groups in total. The first kappa shape index (κ1) is 22.0. The Kier molecular flexibility index (Phi) is 6.60. The second-order valence-electron chi connectivity index (χ2n) is 6.92. The molecule has 0 unspecified atom stereocenters. The van der Waals surface area contributed by atoms with Crippen LogP contribution in [-0.4, -0.2) is 31.3 Å². The van der Waals surface area contributed by atoms with Crippen molar-refractivity contribution in [3.8, 4) is 11.3 Å². The van der Waals surface area contributed by atoms with Crippen molar-refractivity contribution in [1.29, 1.82) is 0 Å². The van der Waals surface area contributed by atoms with Gasteiger partial charge in [0.15, 0.2) is 11.7 Å². The Bertz CT molecular complexity index is 1130. The third-order valence-electron chi connectivity index (χ3n) is 4.90. The van der Waals surface area contributed by atoms with Crippen LogP contribution in [0.1, 0.15) is 30.8 Å². The van der Waals surface area contributed by atoms with Crippen molar-refractivity contribution in [1.82, 2.24) is 9.88 Å². The second kappa shape index (κ2) is 8.99. The van der Waals surface area contributed by atoms with Crippen molar-refractivity contribution in [2.24, 2.45) is 5.14 Å². The van der Waals surface area contributed by atoms with Gasteiger partial charge in [0.05, 0.1) is 17.1 Å². The number of rotatable bonds is 7. The van der Waals surface area contributed by atoms with Crippen LogP contribution in [0, 0.1) is 0 Å². The third kappa shape index (κ3) is 5.27. The van der Waals surface area contributed by atoms with Crippen molar-refractivity contribution in [3.05, 3.63) is 71.2 Å². The van der Waals surface area contributed by atoms with E-state index in [0.29, 0.717) is 23.1 Å². The summed E-state index contributed by atoms with van der Waals surface area (Å²) in [6.45, 7) is 1.87. The van der Waals surface area contributed by atoms with E-state index < -0.39 is 10.0 Å². The van der Waals surface area contributed by atoms with E-state index in [1.54, 1.807) is 42.4 Å². The highest BCUT2D eigenvalue weighted by atomic mass is 35.5. The number of carbonyl (C=O) groups is 1. The molecule has 0 fully saturated rings. The average molecular weight is 448 g/mol. The molecular weight excluding hydrogens is 426 g/mol. The van der Waals surface area contributed by atoms with Crippen LogP contribution in [0.15, 0.2) is 64.0 Å². The number of aromatic nitrogens is 1. The number of nitrogens with two attached hydrogens (primary N) is 1. The zero-order valence-corrected chi connectivity index (χ0v) is 18.2. The molecule has 0 saturated heterocycles. The Morgan fingerprint density at radius 2 is 1.80 bits per heavy atom. The summed E-state index contributed by atoms with van der Waals surface area (Å²) in [6.07, 6.45) is 2.23. The standard InChI is InChI=1S/C21H22ClN3O4S/c1-14(15-5-9-18(10-6-15)30(23,27)28)25(2)21(26)12-11-20-24-13-19(29-20)16-3-7-17(22)8-4-16/h3-10,13-14H,11-12H2,1-2H3,(H2,23,27,28)/t14-/m0/s1. The Morgan fingerprint density at radius 1 is 1.17 bits per heavy atom. The third-order valence-corrected chi connectivity index (χ3v) is 6.08. The van der Waals surface area contributed by atoms with E-state index in [4.69, 9.17) is 21.2 Å². The molecule has 9 heteroatoms. The lowest BCUT2D eigenvalue weighted by atomic mass is 10.1. The van der Waals surface area contributed by atoms with Crippen molar-refractivity contribution < 1.29 is 17.6 Å². The maximum absolute atomic E-state index is 12.6. The SMILES string of the molecule is C[C@@H](c1ccc(S(N)(=O)=O)cc1)N(C)C(=O)CCc1ncc(-c2ccc(Cl)cc2)o1. The zero-order chi connectivity index (χ0) is 21.9. The summed E-state index contributed by atoms with van der Waals surface area (Å²) in [7, 11) is -2.04. The van der Waals surface area contributed by atoms with Gasteiger partial charge in [-0.25, -0.2) is 18.5 Å². The van der Waals surface area contributed by atoms with Crippen molar-refractivity contribution in [3.63, 3.8) is 0 Å². The fraction of sp³-hybridized carbons (Fsp3) is 0.238. The van der Waals surface area contributed by atoms with Gasteiger partial charge in [0, 0.05) is 30.5 Å². The van der Waals surface area contributed by atoms with Gasteiger partial charge in [-0.1, -0.05) is 23.7 Å². The van der Waals surface area contributed by atoms with E-state index in [0.717, 1.165) is 11.1 Å². The first-order chi connectivity index (χ1) is 14.1. The number of oxazole rings is 1. The number of sulfonamides is 1. The Balaban J connectivity index is 1.60. The molecule has 0 bridgehead atoms. The molecular formula is C21H22ClN3O4S. The fourth-order valence-electron chi connectivity index (χ4n) is 2.94. The van der Waals surface area contributed by atoms with Crippen LogP contribution in [0.25, 0.3) is 11.3 Å². The summed E-state index contributed by atoms with van der Waals surface area (Å²) < 4.78 is 28.5. The summed E-state index contributed by atoms with van der Waals surface area (Å²) in [6, 6.07) is 13.2. The van der Waals surface area contributed by atoms with Gasteiger partial charge in [0.2, 0.25) is 15.9 Å². The van der Waals surface area contributed by atoms with Gasteiger partial charge in [-0.15, -0.1) is 0 Å². The summed E-state index contributed by atoms with van der Waals surface area (Å²) in [5, 5.41) is 5.76. The molecule has 30 heavy (non-hydrogen) atoms. The number of amides is 1. The molecule has 2 aromatic carbocycles. The molecule has 0 saturated carbocycles. The minimum absolute atomic E-state index is 0.0350. The molecule has 158 valence electrons. The number of carbonyl (C=O) groups excluding carboxylic acids is 1. The summed E-state index contributed by atoms with van der Waals surface area (Å²) in [4.78, 5) is 18.5. The molecule has 0 aliphatic rings. The van der Waals surface area contributed by atoms with Crippen molar-refractivity contribution in [2.45, 2.75) is 30.7 Å². The van der Waals surface area contributed by atoms with E-state index >= 15 is 0 Å². The number of halogens is 1. The van der Waals surface area contributed by atoms with Gasteiger partial charge < -0.3 is 9.32 Å². The quantitative estimate of drug-likeness (QED) is 0.592. The molecule has 0 radical (unpaired) electrons. The van der Waals surface area contributed by atoms with E-state index in [1.807, 2.05) is 19.1 Å². The minimum atomic E-state index is -3.75. The van der Waals surface area contributed by atoms with E-state index in [-0.39, 0.29) is 23.3 Å². The van der Waals surface area contributed by atoms with Gasteiger partial charge in [0.25, 0.3) is 0 Å². The molecule has 7 nitrogen and oxygen atoms in total. The van der Waals surface area contributed by atoms with Crippen LogP contribution in [-0.2, 0) is 21.2 Å². The second-order valence-corrected chi connectivity index (χ2v) is 8.92. The Morgan fingerprint density at radius 3 is 2.40 bits per heavy atom. The zero-order valence-electron chi connectivity index (χ0n) is 16.6. The maximum Gasteiger partial charge on any atom is 0.238 e. The number of nitrogens with zero attached hydrogens (tertiary/aromatic N) is 2. The fourth-order valence-corrected chi connectivity index (χ4v) is 3.58. The lowest BCUT2D eigenvalue weighted by molar-refractivity contribution is -0.131. The topological polar surface area (TPSA) is 106 Å². The molecule has 1 atom stereocenters. The highest BCUT2D eigenvalue weighted by Crippen LogP contribution is 2.24. The van der Waals surface area contributed by atoms with Gasteiger partial charge >= 0.3 is 0 Å². The molecule has 0 aliphatic carbocycles. The minimum Gasteiger partial charge on any atom is -0.441 e. The molecule has 3 rings (SSSR count). The molecule has 1 aromatic heterocycles. The molecule has 0 aliphatic heterocycles. The monoisotopic (exact) mass is 447 g/mol. The highest BCUT2D eigenvalue weighted by Gasteiger charge is 2.19. The molecule has 0 spiro atoms. The number of aryl methyl sites for hydroxylation is 1. The van der Waals surface area contributed by atoms with Gasteiger partial charge in [-0.05, 0) is 48.9 Å². The van der Waals surface area contributed by atoms with Crippen LogP contribution in [0.3, 0.4) is 0 Å². The number of primary sulfonamides is 1. The largest absolute Gasteiger partial charge is 0.441 e. The maximum atomic E-state index is 12.6. The van der Waals surface area contributed by atoms with Crippen LogP contribution in [0.2, 0.25) is 5.02 Å². The lowest BCUT2D eigenvalue weighted by Crippen LogP contribution is -2.29. The Hall–Kier alpha value is -2.68. The highest BCUT2D eigenvalue weighted by molar-refractivity contribution is 7.89. The predicted octanol–water partition coefficient (Wildman–Crippen LogP) is 3.79. The molecule has 3 aromatic rings. The van der Waals surface area contributed by atoms with Gasteiger partial charge in [0.1, 0.15) is 0 Å². The van der Waals surface area contributed by atoms with E-state index in [2.05, 4.69) is 4.98 Å². The van der Waals surface area contributed by atoms with Crippen LogP contribution in [0.5, 0.6) is 0 Å². The first-order valence-electron chi connectivity index (χ1n) is 9.24. The van der Waals surface area contributed by atoms with Gasteiger partial charge in [-0.2, -0.15) is 0 Å². The first-order valence-corrected chi connectivity index (χ1v) is 11.2. The van der Waals surface area contributed by atoms with Crippen LogP contribution in [0.4, 0.5) is 0 Å². The van der Waals surface area contributed by atoms with Crippen molar-refractivity contribution in [2.75, 3.05) is 7.05 Å². The molecule has 1 amide bonds. The van der Waals surface area contributed by atoms with Crippen LogP contribution >= 0.6 is 11.6 Å². The molecule has 1 heterocycles. The van der Waals surface area contributed by atoms with E-state index in [9.17, 15) is 13.2 Å². The lowest BCUT2D eigenvalue weighted by Gasteiger charge is -2.25. The summed E-state index contributed by atoms with van der Waals surface area (Å²) in [5.74, 6) is 1.02. The van der Waals surface area contributed by atoms with E-state index in [1.165, 1.54) is 12.1 Å². The number of hydrogen-bond acceptors (Lipinski definition) is 5. The van der Waals surface area contributed by atoms with Crippen molar-refractivity contribution >= 4 is 27.5 Å². The summed E-state index contributed by atoms with van der Waals surface area (Å²) >= 11 is 5.90. The summed E-state index contributed by atoms with van der Waals surface area (Å²) in [5.41, 5.74) is 1.66. The Labute approximate surface area is 180 Å². The normalized spacial score (nSPS) is 12.5. The smallest absolute Gasteiger partial charge is 0.238 e. The van der Waals surface area contributed by atoms with Crippen LogP contribution < -0.4 is 5.14 Å². The van der Waals surface area contributed by atoms with Gasteiger partial charge in [-0.3, -0.25) is 4.79 Å². The predicted molar refractivity (Wildman–Crippen MR) is 114 cm³/mol.